The van der Waals surface area contributed by atoms with E-state index in [1.165, 1.54) is 4.90 Å². The average molecular weight is 710 g/mol. The predicted molar refractivity (Wildman–Crippen MR) is 194 cm³/mol. The summed E-state index contributed by atoms with van der Waals surface area (Å²) in [7, 11) is 0. The highest BCUT2D eigenvalue weighted by Gasteiger charge is 2.39. The Morgan fingerprint density at radius 3 is 1.71 bits per heavy atom. The van der Waals surface area contributed by atoms with Gasteiger partial charge in [-0.15, -0.1) is 0 Å². The van der Waals surface area contributed by atoms with Crippen LogP contribution >= 0.6 is 0 Å². The molecule has 0 saturated carbocycles. The second-order valence-corrected chi connectivity index (χ2v) is 12.4. The topological polar surface area (TPSA) is 241 Å². The number of carbonyl (C=O) groups excluding carboxylic acids is 5. The minimum absolute atomic E-state index is 0. The number of likely N-dealkylation sites (tertiary alicyclic amines) is 1. The van der Waals surface area contributed by atoms with E-state index < -0.39 is 11.9 Å². The van der Waals surface area contributed by atoms with Crippen LogP contribution in [0, 0.1) is 35.5 Å². The molecule has 3 atom stereocenters. The number of cyclic esters (lactones) is 2. The maximum absolute atomic E-state index is 11.8. The summed E-state index contributed by atoms with van der Waals surface area (Å²) in [6.45, 7) is 24.4. The molecule has 2 saturated heterocycles. The molecule has 49 heavy (non-hydrogen) atoms. The van der Waals surface area contributed by atoms with E-state index in [2.05, 4.69) is 32.9 Å². The fourth-order valence-corrected chi connectivity index (χ4v) is 4.46. The van der Waals surface area contributed by atoms with Gasteiger partial charge in [-0.3, -0.25) is 33.7 Å². The monoisotopic (exact) mass is 710 g/mol. The van der Waals surface area contributed by atoms with Gasteiger partial charge in [0.15, 0.2) is 0 Å². The van der Waals surface area contributed by atoms with E-state index in [1.54, 1.807) is 0 Å². The van der Waals surface area contributed by atoms with E-state index in [0.717, 1.165) is 32.7 Å². The summed E-state index contributed by atoms with van der Waals surface area (Å²) < 4.78 is 4.36. The van der Waals surface area contributed by atoms with Gasteiger partial charge in [-0.05, 0) is 37.4 Å². The number of hydrogen-bond acceptors (Lipinski definition) is 11. The molecule has 3 amide bonds. The number of nitrogens with one attached hydrogen (secondary N) is 4. The van der Waals surface area contributed by atoms with Crippen molar-refractivity contribution >= 4 is 35.6 Å². The molecule has 3 unspecified atom stereocenters. The molecule has 0 aliphatic carbocycles. The molecule has 292 valence electrons. The first-order valence-corrected chi connectivity index (χ1v) is 17.0. The Balaban J connectivity index is -0.000000185. The first-order chi connectivity index (χ1) is 22.1. The maximum Gasteiger partial charge on any atom is 0.317 e. The quantitative estimate of drug-likeness (QED) is 0.0544. The normalized spacial score (nSPS) is 17.1. The molecule has 2 fully saturated rings. The lowest BCUT2D eigenvalue weighted by atomic mass is 9.92. The molecule has 2 rings (SSSR count). The first kappa shape index (κ1) is 52.8. The van der Waals surface area contributed by atoms with Crippen LogP contribution in [0.4, 0.5) is 0 Å². The van der Waals surface area contributed by atoms with Gasteiger partial charge >= 0.3 is 17.9 Å². The summed E-state index contributed by atoms with van der Waals surface area (Å²) >= 11 is 0. The van der Waals surface area contributed by atoms with Crippen molar-refractivity contribution in [3.8, 4) is 0 Å². The lowest BCUT2D eigenvalue weighted by molar-refractivity contribution is -0.153. The zero-order valence-corrected chi connectivity index (χ0v) is 30.8. The van der Waals surface area contributed by atoms with Crippen molar-refractivity contribution in [2.45, 2.75) is 89.0 Å². The zero-order chi connectivity index (χ0) is 36.5. The van der Waals surface area contributed by atoms with Crippen LogP contribution in [0.2, 0.25) is 0 Å². The van der Waals surface area contributed by atoms with Gasteiger partial charge in [-0.25, -0.2) is 0 Å². The van der Waals surface area contributed by atoms with Gasteiger partial charge in [-0.1, -0.05) is 69.7 Å². The molecule has 15 nitrogen and oxygen atoms in total. The summed E-state index contributed by atoms with van der Waals surface area (Å²) in [5, 5.41) is 20.9. The molecule has 2 aliphatic rings. The Morgan fingerprint density at radius 1 is 0.857 bits per heavy atom. The van der Waals surface area contributed by atoms with E-state index in [0.29, 0.717) is 32.6 Å². The van der Waals surface area contributed by atoms with Crippen molar-refractivity contribution in [1.29, 1.82) is 0 Å². The minimum atomic E-state index is -0.906. The molecule has 0 spiro atoms. The van der Waals surface area contributed by atoms with Crippen molar-refractivity contribution < 1.29 is 45.5 Å². The smallest absolute Gasteiger partial charge is 0.317 e. The van der Waals surface area contributed by atoms with Crippen LogP contribution in [0.15, 0.2) is 0 Å². The van der Waals surface area contributed by atoms with E-state index in [4.69, 9.17) is 10.8 Å². The van der Waals surface area contributed by atoms with E-state index in [-0.39, 0.29) is 86.4 Å². The molecule has 2 aliphatic heterocycles. The van der Waals surface area contributed by atoms with Crippen molar-refractivity contribution in [3.63, 3.8) is 0 Å². The Kier molecular flexibility index (Phi) is 33.5. The molecule has 0 radical (unpaired) electrons. The number of aliphatic carboxylic acids is 1. The number of amides is 3. The number of rotatable bonds is 17. The maximum atomic E-state index is 11.8. The molecular weight excluding hydrogens is 636 g/mol. The van der Waals surface area contributed by atoms with Gasteiger partial charge in [0.25, 0.3) is 0 Å². The fourth-order valence-electron chi connectivity index (χ4n) is 4.46. The van der Waals surface area contributed by atoms with Crippen LogP contribution in [0.1, 0.15) is 90.4 Å². The zero-order valence-electron chi connectivity index (χ0n) is 30.8. The number of imide groups is 1. The van der Waals surface area contributed by atoms with Crippen LogP contribution in [0.3, 0.4) is 0 Å². The Morgan fingerprint density at radius 2 is 1.37 bits per heavy atom. The number of carboxylic acid groups (broad SMARTS) is 1. The van der Waals surface area contributed by atoms with Crippen molar-refractivity contribution in [3.05, 3.63) is 0 Å². The third-order valence-electron chi connectivity index (χ3n) is 7.53. The van der Waals surface area contributed by atoms with Crippen LogP contribution < -0.4 is 27.0 Å². The molecule has 15 heteroatoms. The average Bonchev–Trinajstić information content (AvgIpc) is 3.50. The second-order valence-electron chi connectivity index (χ2n) is 12.4. The van der Waals surface area contributed by atoms with E-state index in [9.17, 15) is 28.8 Å². The van der Waals surface area contributed by atoms with E-state index >= 15 is 0 Å². The summed E-state index contributed by atoms with van der Waals surface area (Å²) in [5.41, 5.74) is 5.15. The van der Waals surface area contributed by atoms with Gasteiger partial charge in [0.1, 0.15) is 0 Å². The molecule has 9 N–H and O–H groups in total. The highest BCUT2D eigenvalue weighted by atomic mass is 16.6. The summed E-state index contributed by atoms with van der Waals surface area (Å²) in [6, 6.07) is 0. The number of ether oxygens (including phenoxy) is 1. The molecule has 0 aromatic rings. The predicted octanol–water partition coefficient (Wildman–Crippen LogP) is 1.43. The van der Waals surface area contributed by atoms with Crippen molar-refractivity contribution in [2.75, 3.05) is 58.9 Å². The molecule has 0 bridgehead atoms. The van der Waals surface area contributed by atoms with Crippen LogP contribution in [-0.2, 0) is 33.5 Å². The van der Waals surface area contributed by atoms with Crippen LogP contribution in [-0.4, -0.2) is 110 Å². The summed E-state index contributed by atoms with van der Waals surface area (Å²) in [5.74, 6) is -2.32. The number of carbonyl (C=O) groups is 6. The Bertz CT molecular complexity index is 950. The first-order valence-electron chi connectivity index (χ1n) is 17.0. The number of hydrogen-bond donors (Lipinski definition) is 6. The van der Waals surface area contributed by atoms with Gasteiger partial charge < -0.3 is 42.3 Å². The van der Waals surface area contributed by atoms with Crippen molar-refractivity contribution in [2.24, 2.45) is 41.2 Å². The minimum Gasteiger partial charge on any atom is -0.481 e. The summed E-state index contributed by atoms with van der Waals surface area (Å²) in [4.78, 5) is 68.4. The number of nitrogens with zero attached hydrogens (tertiary/aromatic N) is 1. The molecule has 0 aromatic heterocycles. The van der Waals surface area contributed by atoms with Crippen molar-refractivity contribution in [1.82, 2.24) is 26.2 Å². The second kappa shape index (κ2) is 31.0. The number of likely N-dealkylation sites (N-methyl/N-ethyl adjacent to an activating group) is 3. The van der Waals surface area contributed by atoms with Gasteiger partial charge in [-0.2, -0.15) is 0 Å². The fraction of sp³-hybridized carbons (Fsp3) is 0.824. The lowest BCUT2D eigenvalue weighted by Gasteiger charge is -2.16. The third kappa shape index (κ3) is 23.9. The Hall–Kier alpha value is -2.98. The SMILES string of the molecule is C.CC(C)C1CC(=O)OC1=O.CCNCCN.CCNCCN1C(=O)CC(C(C)C)C1=O.CCNCCNC(=O)CC(C(=O)O)C(C)C.O.[2HH]. The largest absolute Gasteiger partial charge is 0.481 e. The molecule has 0 aromatic carbocycles. The third-order valence-corrected chi connectivity index (χ3v) is 7.53. The van der Waals surface area contributed by atoms with Crippen LogP contribution in [0.5, 0.6) is 0 Å². The number of esters is 2. The summed E-state index contributed by atoms with van der Waals surface area (Å²) in [6.07, 6.45) is 0.707. The number of carboxylic acids is 1. The Labute approximate surface area is 296 Å². The molecule has 2 heterocycles. The molecular formula is C34H72N6O9. The van der Waals surface area contributed by atoms with E-state index in [1.807, 2.05) is 55.4 Å². The van der Waals surface area contributed by atoms with Gasteiger partial charge in [0, 0.05) is 59.5 Å². The van der Waals surface area contributed by atoms with Gasteiger partial charge in [0.2, 0.25) is 17.7 Å². The van der Waals surface area contributed by atoms with Gasteiger partial charge in [0.05, 0.1) is 18.3 Å². The standard InChI is InChI=1S/C11H22N2O3.C11H20N2O2.C7H10O3.C4H12N2.CH4.H2O.H2/c1-4-12-5-6-13-10(14)7-9(8(2)3)11(15)16;1-4-12-5-6-13-10(14)7-9(8(2)3)11(13)15;1-4(2)5-3-6(8)10-7(5)9;1-2-6-4-3-5;;;/h8-9,12H,4-7H2,1-3H3,(H,13,14)(H,15,16);8-9,12H,4-7H2,1-3H3;4-5H,3H2,1-2H3;6H,2-5H2,1H3;1H4;1H2;1H/i;;;;;;1+1. The highest BCUT2D eigenvalue weighted by molar-refractivity contribution is 6.03. The number of nitrogens with two attached hydrogens (primary N) is 1. The van der Waals surface area contributed by atoms with Crippen LogP contribution in [0.25, 0.3) is 0 Å². The highest BCUT2D eigenvalue weighted by Crippen LogP contribution is 2.26. The lowest BCUT2D eigenvalue weighted by Crippen LogP contribution is -2.37.